The Kier molecular flexibility index (Phi) is 6.08. The standard InChI is InChI=1S/C24H17F3N2O4/c25-14-7-13(8-15(26)10-14)22(32)21(24-28-18-3-1-2-4-19(18)29-24)23(33)16-9-12(20(31)11-30)5-6-17(16)27/h1-10,20-21,30-31H,11H2,(H,28,29). The first-order valence-electron chi connectivity index (χ1n) is 9.86. The Bertz CT molecular complexity index is 1320. The Labute approximate surface area is 185 Å². The zero-order valence-corrected chi connectivity index (χ0v) is 16.9. The Hall–Kier alpha value is -3.82. The number of para-hydroxylation sites is 2. The molecule has 0 bridgehead atoms. The van der Waals surface area contributed by atoms with Crippen molar-refractivity contribution in [2.75, 3.05) is 6.61 Å². The molecule has 6 nitrogen and oxygen atoms in total. The van der Waals surface area contributed by atoms with Crippen molar-refractivity contribution in [3.8, 4) is 0 Å². The molecule has 0 amide bonds. The van der Waals surface area contributed by atoms with Crippen LogP contribution in [0.4, 0.5) is 13.2 Å². The number of hydrogen-bond donors (Lipinski definition) is 3. The summed E-state index contributed by atoms with van der Waals surface area (Å²) < 4.78 is 42.2. The third kappa shape index (κ3) is 4.41. The summed E-state index contributed by atoms with van der Waals surface area (Å²) in [5.74, 6) is -6.94. The smallest absolute Gasteiger partial charge is 0.184 e. The first-order chi connectivity index (χ1) is 15.8. The summed E-state index contributed by atoms with van der Waals surface area (Å²) in [7, 11) is 0. The van der Waals surface area contributed by atoms with Crippen molar-refractivity contribution in [1.29, 1.82) is 0 Å². The molecule has 0 aliphatic heterocycles. The van der Waals surface area contributed by atoms with Crippen molar-refractivity contribution in [2.24, 2.45) is 0 Å². The lowest BCUT2D eigenvalue weighted by atomic mass is 9.88. The van der Waals surface area contributed by atoms with Crippen LogP contribution in [-0.4, -0.2) is 38.4 Å². The van der Waals surface area contributed by atoms with Crippen LogP contribution >= 0.6 is 0 Å². The van der Waals surface area contributed by atoms with Gasteiger partial charge in [0.15, 0.2) is 11.6 Å². The second-order valence-corrected chi connectivity index (χ2v) is 7.40. The van der Waals surface area contributed by atoms with Crippen molar-refractivity contribution in [1.82, 2.24) is 9.97 Å². The molecule has 1 heterocycles. The fourth-order valence-electron chi connectivity index (χ4n) is 3.54. The number of Topliss-reactive ketones (excluding diaryl/α,β-unsaturated/α-hetero) is 2. The molecule has 4 rings (SSSR count). The lowest BCUT2D eigenvalue weighted by molar-refractivity contribution is 0.0851. The normalized spacial score (nSPS) is 13.1. The molecule has 0 aliphatic carbocycles. The van der Waals surface area contributed by atoms with Gasteiger partial charge in [-0.25, -0.2) is 18.2 Å². The van der Waals surface area contributed by atoms with Crippen molar-refractivity contribution >= 4 is 22.6 Å². The third-order valence-electron chi connectivity index (χ3n) is 5.17. The molecule has 0 saturated carbocycles. The molecule has 168 valence electrons. The zero-order chi connectivity index (χ0) is 23.7. The fraction of sp³-hybridized carbons (Fsp3) is 0.125. The largest absolute Gasteiger partial charge is 0.393 e. The van der Waals surface area contributed by atoms with Gasteiger partial charge in [0.2, 0.25) is 0 Å². The van der Waals surface area contributed by atoms with E-state index in [2.05, 4.69) is 9.97 Å². The van der Waals surface area contributed by atoms with E-state index in [1.807, 2.05) is 0 Å². The van der Waals surface area contributed by atoms with Gasteiger partial charge in [-0.05, 0) is 42.0 Å². The van der Waals surface area contributed by atoms with E-state index < -0.39 is 58.8 Å². The Morgan fingerprint density at radius 2 is 1.64 bits per heavy atom. The minimum atomic E-state index is -1.75. The number of hydrogen-bond acceptors (Lipinski definition) is 5. The number of aliphatic hydroxyl groups is 2. The summed E-state index contributed by atoms with van der Waals surface area (Å²) in [6.45, 7) is -0.673. The number of nitrogens with one attached hydrogen (secondary N) is 1. The average Bonchev–Trinajstić information content (AvgIpc) is 3.21. The van der Waals surface area contributed by atoms with Gasteiger partial charge in [0.05, 0.1) is 23.2 Å². The maximum atomic E-state index is 14.6. The summed E-state index contributed by atoms with van der Waals surface area (Å²) in [4.78, 5) is 33.8. The van der Waals surface area contributed by atoms with Crippen LogP contribution < -0.4 is 0 Å². The van der Waals surface area contributed by atoms with Crippen LogP contribution in [0.3, 0.4) is 0 Å². The van der Waals surface area contributed by atoms with Gasteiger partial charge in [-0.3, -0.25) is 9.59 Å². The number of carbonyl (C=O) groups excluding carboxylic acids is 2. The highest BCUT2D eigenvalue weighted by molar-refractivity contribution is 6.20. The number of ketones is 2. The molecule has 1 aromatic heterocycles. The SMILES string of the molecule is O=C(c1cc(F)cc(F)c1)C(C(=O)c1cc(C(O)CO)ccc1F)c1nc2ccccc2[nH]1. The predicted octanol–water partition coefficient (Wildman–Crippen LogP) is 3.86. The molecule has 2 atom stereocenters. The Morgan fingerprint density at radius 3 is 2.30 bits per heavy atom. The number of nitrogens with zero attached hydrogens (tertiary/aromatic N) is 1. The zero-order valence-electron chi connectivity index (χ0n) is 16.9. The second-order valence-electron chi connectivity index (χ2n) is 7.40. The molecule has 33 heavy (non-hydrogen) atoms. The molecule has 0 radical (unpaired) electrons. The minimum absolute atomic E-state index is 0.0508. The van der Waals surface area contributed by atoms with Gasteiger partial charge in [-0.15, -0.1) is 0 Å². The van der Waals surface area contributed by atoms with Gasteiger partial charge < -0.3 is 15.2 Å². The summed E-state index contributed by atoms with van der Waals surface area (Å²) in [5, 5.41) is 19.0. The van der Waals surface area contributed by atoms with Crippen LogP contribution in [0.1, 0.15) is 44.1 Å². The highest BCUT2D eigenvalue weighted by Crippen LogP contribution is 2.29. The fourth-order valence-corrected chi connectivity index (χ4v) is 3.54. The summed E-state index contributed by atoms with van der Waals surface area (Å²) in [6, 6.07) is 11.9. The van der Waals surface area contributed by atoms with Crippen molar-refractivity contribution in [2.45, 2.75) is 12.0 Å². The highest BCUT2D eigenvalue weighted by atomic mass is 19.1. The van der Waals surface area contributed by atoms with Crippen LogP contribution in [0.5, 0.6) is 0 Å². The minimum Gasteiger partial charge on any atom is -0.393 e. The molecular formula is C24H17F3N2O4. The molecule has 4 aromatic rings. The second kappa shape index (κ2) is 8.97. The molecule has 2 unspecified atom stereocenters. The van der Waals surface area contributed by atoms with Crippen LogP contribution in [0.15, 0.2) is 60.7 Å². The highest BCUT2D eigenvalue weighted by Gasteiger charge is 2.35. The first kappa shape index (κ1) is 22.4. The van der Waals surface area contributed by atoms with Crippen LogP contribution in [0.2, 0.25) is 0 Å². The number of aromatic amines is 1. The monoisotopic (exact) mass is 454 g/mol. The van der Waals surface area contributed by atoms with E-state index >= 15 is 0 Å². The van der Waals surface area contributed by atoms with Gasteiger partial charge in [0.1, 0.15) is 35.3 Å². The number of aromatic nitrogens is 2. The Morgan fingerprint density at radius 1 is 0.939 bits per heavy atom. The number of H-pyrrole nitrogens is 1. The number of rotatable bonds is 7. The van der Waals surface area contributed by atoms with E-state index in [9.17, 15) is 33.0 Å². The van der Waals surface area contributed by atoms with Gasteiger partial charge in [-0.2, -0.15) is 0 Å². The van der Waals surface area contributed by atoms with Crippen LogP contribution in [-0.2, 0) is 0 Å². The van der Waals surface area contributed by atoms with Crippen molar-refractivity contribution in [3.63, 3.8) is 0 Å². The lowest BCUT2D eigenvalue weighted by Gasteiger charge is -2.15. The average molecular weight is 454 g/mol. The van der Waals surface area contributed by atoms with Crippen LogP contribution in [0.25, 0.3) is 11.0 Å². The number of fused-ring (bicyclic) bond motifs is 1. The number of imidazole rings is 1. The maximum Gasteiger partial charge on any atom is 0.184 e. The van der Waals surface area contributed by atoms with Gasteiger partial charge in [0.25, 0.3) is 0 Å². The van der Waals surface area contributed by atoms with Gasteiger partial charge in [0, 0.05) is 11.6 Å². The predicted molar refractivity (Wildman–Crippen MR) is 112 cm³/mol. The summed E-state index contributed by atoms with van der Waals surface area (Å²) >= 11 is 0. The quantitative estimate of drug-likeness (QED) is 0.291. The van der Waals surface area contributed by atoms with Crippen molar-refractivity contribution in [3.05, 3.63) is 101 Å². The molecule has 0 fully saturated rings. The van der Waals surface area contributed by atoms with E-state index in [4.69, 9.17) is 0 Å². The molecule has 0 spiro atoms. The Balaban J connectivity index is 1.87. The first-order valence-corrected chi connectivity index (χ1v) is 9.86. The molecular weight excluding hydrogens is 437 g/mol. The number of carbonyl (C=O) groups is 2. The number of benzene rings is 3. The summed E-state index contributed by atoms with van der Waals surface area (Å²) in [6.07, 6.45) is -1.38. The maximum absolute atomic E-state index is 14.6. The van der Waals surface area contributed by atoms with E-state index in [1.165, 1.54) is 6.07 Å². The lowest BCUT2D eigenvalue weighted by Crippen LogP contribution is -2.25. The number of halogens is 3. The summed E-state index contributed by atoms with van der Waals surface area (Å²) in [5.41, 5.74) is -0.00862. The van der Waals surface area contributed by atoms with E-state index in [0.29, 0.717) is 17.1 Å². The molecule has 0 aliphatic rings. The molecule has 0 saturated heterocycles. The molecule has 3 N–H and O–H groups in total. The van der Waals surface area contributed by atoms with Gasteiger partial charge in [-0.1, -0.05) is 18.2 Å². The van der Waals surface area contributed by atoms with E-state index in [0.717, 1.165) is 24.3 Å². The topological polar surface area (TPSA) is 103 Å². The van der Waals surface area contributed by atoms with Gasteiger partial charge >= 0.3 is 0 Å². The molecule has 3 aromatic carbocycles. The number of aliphatic hydroxyl groups excluding tert-OH is 2. The van der Waals surface area contributed by atoms with E-state index in [-0.39, 0.29) is 11.4 Å². The van der Waals surface area contributed by atoms with Crippen LogP contribution in [0, 0.1) is 17.5 Å². The van der Waals surface area contributed by atoms with E-state index in [1.54, 1.807) is 24.3 Å². The van der Waals surface area contributed by atoms with Crippen molar-refractivity contribution < 1.29 is 33.0 Å². The third-order valence-corrected chi connectivity index (χ3v) is 5.17. The molecule has 9 heteroatoms.